The molecular formula is C58H37N3. The van der Waals surface area contributed by atoms with Gasteiger partial charge in [0.05, 0.1) is 5.41 Å². The van der Waals surface area contributed by atoms with Crippen LogP contribution in [-0.4, -0.2) is 15.0 Å². The van der Waals surface area contributed by atoms with Crippen molar-refractivity contribution < 1.29 is 0 Å². The number of hydrogen-bond donors (Lipinski definition) is 0. The third-order valence-corrected chi connectivity index (χ3v) is 12.6. The lowest BCUT2D eigenvalue weighted by Gasteiger charge is -2.30. The molecule has 2 aliphatic carbocycles. The minimum absolute atomic E-state index is 0.406. The van der Waals surface area contributed by atoms with E-state index in [2.05, 4.69) is 212 Å². The van der Waals surface area contributed by atoms with Crippen molar-refractivity contribution in [3.63, 3.8) is 0 Å². The van der Waals surface area contributed by atoms with Gasteiger partial charge in [-0.1, -0.05) is 212 Å². The van der Waals surface area contributed by atoms with Gasteiger partial charge in [-0.05, 0) is 90.0 Å². The maximum absolute atomic E-state index is 5.17. The molecular weight excluding hydrogens is 739 g/mol. The number of hydrogen-bond acceptors (Lipinski definition) is 3. The fourth-order valence-corrected chi connectivity index (χ4v) is 9.76. The summed E-state index contributed by atoms with van der Waals surface area (Å²) in [6.07, 6.45) is 0. The summed E-state index contributed by atoms with van der Waals surface area (Å²) in [7, 11) is 0. The van der Waals surface area contributed by atoms with Crippen molar-refractivity contribution in [2.75, 3.05) is 0 Å². The van der Waals surface area contributed by atoms with E-state index >= 15 is 0 Å². The average molecular weight is 776 g/mol. The molecule has 284 valence electrons. The Labute approximate surface area is 355 Å². The van der Waals surface area contributed by atoms with Crippen LogP contribution in [0.1, 0.15) is 22.3 Å². The zero-order chi connectivity index (χ0) is 40.3. The Bertz CT molecular complexity index is 3110. The molecule has 0 N–H and O–H groups in total. The Morgan fingerprint density at radius 1 is 0.213 bits per heavy atom. The quantitative estimate of drug-likeness (QED) is 0.169. The van der Waals surface area contributed by atoms with Gasteiger partial charge in [-0.25, -0.2) is 15.0 Å². The molecule has 0 saturated heterocycles. The predicted octanol–water partition coefficient (Wildman–Crippen LogP) is 14.2. The molecule has 0 saturated carbocycles. The van der Waals surface area contributed by atoms with Crippen molar-refractivity contribution in [2.24, 2.45) is 0 Å². The normalized spacial score (nSPS) is 12.7. The van der Waals surface area contributed by atoms with Gasteiger partial charge >= 0.3 is 0 Å². The van der Waals surface area contributed by atoms with Gasteiger partial charge in [0, 0.05) is 16.7 Å². The number of nitrogens with zero attached hydrogens (tertiary/aromatic N) is 3. The smallest absolute Gasteiger partial charge is 0.164 e. The largest absolute Gasteiger partial charge is 0.208 e. The first-order chi connectivity index (χ1) is 30.2. The summed E-state index contributed by atoms with van der Waals surface area (Å²) in [6, 6.07) is 80.4. The molecule has 3 heteroatoms. The molecule has 0 amide bonds. The first kappa shape index (κ1) is 35.0. The van der Waals surface area contributed by atoms with Crippen molar-refractivity contribution in [1.82, 2.24) is 15.0 Å². The summed E-state index contributed by atoms with van der Waals surface area (Å²) in [5, 5.41) is 0. The second kappa shape index (κ2) is 14.1. The van der Waals surface area contributed by atoms with Crippen molar-refractivity contribution in [3.8, 4) is 89.8 Å². The van der Waals surface area contributed by atoms with Crippen molar-refractivity contribution in [3.05, 3.63) is 247 Å². The highest BCUT2D eigenvalue weighted by atomic mass is 15.0. The Morgan fingerprint density at radius 3 is 1.03 bits per heavy atom. The topological polar surface area (TPSA) is 38.7 Å². The van der Waals surface area contributed by atoms with Crippen LogP contribution >= 0.6 is 0 Å². The molecule has 1 aromatic heterocycles. The second-order valence-electron chi connectivity index (χ2n) is 15.9. The fraction of sp³-hybridized carbons (Fsp3) is 0.0172. The summed E-state index contributed by atoms with van der Waals surface area (Å²) in [5.41, 5.74) is 19.8. The SMILES string of the molecule is c1ccc(-c2ccc(-c3nc(-c4ccc(-c5ccccc5)cc4)nc(-c4cccc(-c5ccc6c(c5)C5(c7ccccc7-c7ccccc75)c5ccccc5-6)c4)n3)cc2)cc1. The zero-order valence-electron chi connectivity index (χ0n) is 33.2. The molecule has 3 nitrogen and oxygen atoms in total. The lowest BCUT2D eigenvalue weighted by Crippen LogP contribution is -2.25. The van der Waals surface area contributed by atoms with Crippen LogP contribution in [0.3, 0.4) is 0 Å². The molecule has 12 rings (SSSR count). The number of rotatable bonds is 6. The summed E-state index contributed by atoms with van der Waals surface area (Å²) in [4.78, 5) is 15.4. The van der Waals surface area contributed by atoms with E-state index in [0.717, 1.165) is 38.9 Å². The van der Waals surface area contributed by atoms with E-state index in [4.69, 9.17) is 15.0 Å². The number of fused-ring (bicyclic) bond motifs is 10. The van der Waals surface area contributed by atoms with Crippen LogP contribution in [0.15, 0.2) is 224 Å². The zero-order valence-corrected chi connectivity index (χ0v) is 33.2. The predicted molar refractivity (Wildman–Crippen MR) is 249 cm³/mol. The van der Waals surface area contributed by atoms with E-state index in [9.17, 15) is 0 Å². The molecule has 0 radical (unpaired) electrons. The standard InChI is InChI=1S/C58H37N3/c1-3-14-38(15-4-1)40-26-30-42(31-27-40)55-59-56(43-32-28-41(29-33-43)39-16-5-2-6-17-39)61-57(60-55)46-19-13-18-44(36-46)45-34-35-50-49-22-9-12-25-53(49)58(54(50)37-45)51-23-10-7-20-47(51)48-21-8-11-24-52(48)58/h1-37H. The maximum Gasteiger partial charge on any atom is 0.164 e. The molecule has 61 heavy (non-hydrogen) atoms. The van der Waals surface area contributed by atoms with E-state index in [0.29, 0.717) is 17.5 Å². The van der Waals surface area contributed by atoms with Gasteiger partial charge in [-0.3, -0.25) is 0 Å². The molecule has 0 unspecified atom stereocenters. The number of benzene rings is 9. The first-order valence-corrected chi connectivity index (χ1v) is 20.8. The van der Waals surface area contributed by atoms with E-state index < -0.39 is 5.41 Å². The third kappa shape index (κ3) is 5.62. The van der Waals surface area contributed by atoms with Crippen LogP contribution in [0.4, 0.5) is 0 Å². The monoisotopic (exact) mass is 775 g/mol. The highest BCUT2D eigenvalue weighted by molar-refractivity contribution is 5.96. The van der Waals surface area contributed by atoms with Crippen LogP contribution in [0.5, 0.6) is 0 Å². The average Bonchev–Trinajstić information content (AvgIpc) is 3.82. The summed E-state index contributed by atoms with van der Waals surface area (Å²) >= 11 is 0. The molecule has 0 aliphatic heterocycles. The van der Waals surface area contributed by atoms with E-state index in [1.165, 1.54) is 55.6 Å². The molecule has 0 fully saturated rings. The van der Waals surface area contributed by atoms with Gasteiger partial charge in [0.15, 0.2) is 17.5 Å². The second-order valence-corrected chi connectivity index (χ2v) is 15.9. The highest BCUT2D eigenvalue weighted by Crippen LogP contribution is 2.63. The summed E-state index contributed by atoms with van der Waals surface area (Å²) < 4.78 is 0. The molecule has 10 aromatic rings. The van der Waals surface area contributed by atoms with Crippen LogP contribution in [0.25, 0.3) is 89.8 Å². The van der Waals surface area contributed by atoms with Crippen molar-refractivity contribution in [2.45, 2.75) is 5.41 Å². The molecule has 2 aliphatic rings. The summed E-state index contributed by atoms with van der Waals surface area (Å²) in [5.74, 6) is 1.89. The third-order valence-electron chi connectivity index (χ3n) is 12.6. The molecule has 0 bridgehead atoms. The highest BCUT2D eigenvalue weighted by Gasteiger charge is 2.51. The lowest BCUT2D eigenvalue weighted by molar-refractivity contribution is 0.794. The van der Waals surface area contributed by atoms with Crippen LogP contribution in [0, 0.1) is 0 Å². The Hall–Kier alpha value is -8.01. The van der Waals surface area contributed by atoms with Gasteiger partial charge in [0.1, 0.15) is 0 Å². The van der Waals surface area contributed by atoms with Gasteiger partial charge in [-0.2, -0.15) is 0 Å². The van der Waals surface area contributed by atoms with Gasteiger partial charge in [0.2, 0.25) is 0 Å². The van der Waals surface area contributed by atoms with Crippen LogP contribution in [0.2, 0.25) is 0 Å². The van der Waals surface area contributed by atoms with Crippen molar-refractivity contribution in [1.29, 1.82) is 0 Å². The Morgan fingerprint density at radius 2 is 0.541 bits per heavy atom. The van der Waals surface area contributed by atoms with Gasteiger partial charge in [0.25, 0.3) is 0 Å². The Kier molecular flexibility index (Phi) is 8.07. The first-order valence-electron chi connectivity index (χ1n) is 20.8. The summed E-state index contributed by atoms with van der Waals surface area (Å²) in [6.45, 7) is 0. The molecule has 9 aromatic carbocycles. The molecule has 1 heterocycles. The number of aromatic nitrogens is 3. The van der Waals surface area contributed by atoms with Gasteiger partial charge in [-0.15, -0.1) is 0 Å². The van der Waals surface area contributed by atoms with Crippen LogP contribution in [-0.2, 0) is 5.41 Å². The molecule has 0 atom stereocenters. The van der Waals surface area contributed by atoms with Crippen molar-refractivity contribution >= 4 is 0 Å². The van der Waals surface area contributed by atoms with E-state index in [-0.39, 0.29) is 0 Å². The van der Waals surface area contributed by atoms with Crippen LogP contribution < -0.4 is 0 Å². The minimum Gasteiger partial charge on any atom is -0.208 e. The minimum atomic E-state index is -0.406. The molecule has 1 spiro atoms. The lowest BCUT2D eigenvalue weighted by atomic mass is 9.70. The van der Waals surface area contributed by atoms with E-state index in [1.54, 1.807) is 0 Å². The maximum atomic E-state index is 5.17. The van der Waals surface area contributed by atoms with Gasteiger partial charge < -0.3 is 0 Å². The Balaban J connectivity index is 0.985. The fourth-order valence-electron chi connectivity index (χ4n) is 9.76. The van der Waals surface area contributed by atoms with E-state index in [1.807, 2.05) is 12.1 Å².